The highest BCUT2D eigenvalue weighted by atomic mass is 33.1. The molecular formula is C58H89NO16S2Si. The second-order valence-corrected chi connectivity index (χ2v) is 33.3. The third-order valence-electron chi connectivity index (χ3n) is 17.3. The molecule has 4 fully saturated rings. The van der Waals surface area contributed by atoms with Crippen LogP contribution in [-0.2, 0) is 52.0 Å². The SMILES string of the molecule is COc1ccc(OC)c(C(=O)O[C@H]2[C@@H]3[C@]4(OC(C)=O)CO[C@@H]4C[C@H]4O[C@@H]([C@H](OC(=O)CCC(C)SSC)C5=C(C)[C@@H](OC(=O)[C@H](O[Si](C(C)C)(C(C)C)C(C)C)[C@H](C=C(C)C)NC(=O)OC(C)(C)C)C[C@]2(O)C5(C)C)[C@@]34C)c1. The Morgan fingerprint density at radius 1 is 0.923 bits per heavy atom. The van der Waals surface area contributed by atoms with Crippen LogP contribution >= 0.6 is 21.6 Å². The lowest BCUT2D eigenvalue weighted by Gasteiger charge is -2.74. The highest BCUT2D eigenvalue weighted by Gasteiger charge is 2.82. The van der Waals surface area contributed by atoms with Crippen molar-refractivity contribution < 1.29 is 76.1 Å². The Bertz CT molecular complexity index is 2450. The van der Waals surface area contributed by atoms with Gasteiger partial charge in [-0.05, 0) is 100 Å². The molecule has 438 valence electrons. The van der Waals surface area contributed by atoms with Crippen molar-refractivity contribution in [2.75, 3.05) is 27.1 Å². The van der Waals surface area contributed by atoms with Crippen LogP contribution in [0.2, 0.25) is 16.6 Å². The number of carbonyl (C=O) groups excluding carboxylic acids is 5. The molecule has 78 heavy (non-hydrogen) atoms. The minimum atomic E-state index is -3.00. The number of alkyl carbamates (subject to hydrolysis) is 1. The first-order chi connectivity index (χ1) is 36.2. The van der Waals surface area contributed by atoms with Gasteiger partial charge >= 0.3 is 30.0 Å². The standard InChI is InChI=1S/C58H89NO16S2Si/c1-30(2)25-39(59-53(64)74-54(12,13)14)46(75-78(31(3)4,32(5)6)33(7)8)52(63)69-41-28-58(65)50(72-51(62)38-26-37(66-18)22-23-40(38)67-19)48-56(17)42(27-43-57(48,29-68-43)73-36(11)60)70-49(56)47(45(35(41)10)55(58,15)16)71-44(61)24-21-34(9)77-76-20/h22-23,25-26,31-34,39,41-43,46-50,65H,21,24,27-29H2,1-20H3,(H,59,64)/t34?,39-,41-,42+,43+,46+,47+,48-,49-,50-,56+,57-,58+/m0/s1. The zero-order chi connectivity index (χ0) is 58.4. The monoisotopic (exact) mass is 1150 g/mol. The first-order valence-electron chi connectivity index (χ1n) is 27.4. The summed E-state index contributed by atoms with van der Waals surface area (Å²) in [6.07, 6.45) is -4.41. The number of esters is 4. The van der Waals surface area contributed by atoms with Gasteiger partial charge in [0, 0.05) is 42.3 Å². The number of hydrogen-bond donors (Lipinski definition) is 2. The van der Waals surface area contributed by atoms with Crippen LogP contribution in [0.4, 0.5) is 4.79 Å². The van der Waals surface area contributed by atoms with Gasteiger partial charge in [-0.3, -0.25) is 9.59 Å². The molecule has 2 bridgehead atoms. The van der Waals surface area contributed by atoms with E-state index in [1.54, 1.807) is 81.3 Å². The van der Waals surface area contributed by atoms with E-state index < -0.39 is 121 Å². The number of allylic oxidation sites excluding steroid dienone is 1. The molecule has 0 spiro atoms. The van der Waals surface area contributed by atoms with Crippen molar-refractivity contribution in [3.63, 3.8) is 0 Å². The molecule has 1 amide bonds. The number of rotatable bonds is 21. The maximum atomic E-state index is 15.8. The van der Waals surface area contributed by atoms with Gasteiger partial charge in [0.1, 0.15) is 52.7 Å². The van der Waals surface area contributed by atoms with Crippen molar-refractivity contribution in [1.82, 2.24) is 5.32 Å². The van der Waals surface area contributed by atoms with E-state index in [0.29, 0.717) is 23.3 Å². The predicted molar refractivity (Wildman–Crippen MR) is 302 cm³/mol. The van der Waals surface area contributed by atoms with Gasteiger partial charge in [-0.15, -0.1) is 0 Å². The quantitative estimate of drug-likeness (QED) is 0.0385. The van der Waals surface area contributed by atoms with Crippen molar-refractivity contribution >= 4 is 59.9 Å². The molecule has 1 aromatic carbocycles. The Kier molecular flexibility index (Phi) is 19.5. The molecule has 2 aliphatic heterocycles. The minimum Gasteiger partial charge on any atom is -0.497 e. The minimum absolute atomic E-state index is 0.00953. The van der Waals surface area contributed by atoms with Gasteiger partial charge in [0.25, 0.3) is 0 Å². The summed E-state index contributed by atoms with van der Waals surface area (Å²) in [6, 6.07) is 3.59. The number of nitrogens with one attached hydrogen (secondary N) is 1. The van der Waals surface area contributed by atoms with E-state index in [1.807, 2.05) is 34.0 Å². The van der Waals surface area contributed by atoms with E-state index in [9.17, 15) is 19.5 Å². The average Bonchev–Trinajstić information content (AvgIpc) is 3.31. The number of ether oxygens (including phenoxy) is 9. The van der Waals surface area contributed by atoms with Crippen LogP contribution < -0.4 is 14.8 Å². The van der Waals surface area contributed by atoms with Crippen LogP contribution in [0, 0.1) is 16.7 Å². The molecule has 2 saturated heterocycles. The van der Waals surface area contributed by atoms with Gasteiger partial charge in [0.2, 0.25) is 8.32 Å². The summed E-state index contributed by atoms with van der Waals surface area (Å²) in [5.74, 6) is -3.44. The smallest absolute Gasteiger partial charge is 0.408 e. The van der Waals surface area contributed by atoms with Gasteiger partial charge in [-0.25, -0.2) is 14.4 Å². The third-order valence-corrected chi connectivity index (χ3v) is 25.7. The van der Waals surface area contributed by atoms with E-state index in [-0.39, 0.29) is 59.1 Å². The number of hydrogen-bond acceptors (Lipinski definition) is 18. The van der Waals surface area contributed by atoms with Crippen LogP contribution in [0.15, 0.2) is 41.0 Å². The summed E-state index contributed by atoms with van der Waals surface area (Å²) in [4.78, 5) is 72.9. The fraction of sp³-hybridized carbons (Fsp3) is 0.741. The predicted octanol–water partition coefficient (Wildman–Crippen LogP) is 10.6. The van der Waals surface area contributed by atoms with Gasteiger partial charge in [0.15, 0.2) is 17.8 Å². The zero-order valence-corrected chi connectivity index (χ0v) is 52.4. The lowest BCUT2D eigenvalue weighted by molar-refractivity contribution is -0.416. The van der Waals surface area contributed by atoms with Gasteiger partial charge < -0.3 is 57.5 Å². The summed E-state index contributed by atoms with van der Waals surface area (Å²) >= 11 is 0. The highest BCUT2D eigenvalue weighted by Crippen LogP contribution is 2.70. The molecule has 0 radical (unpaired) electrons. The van der Waals surface area contributed by atoms with E-state index in [4.69, 9.17) is 47.1 Å². The normalized spacial score (nSPS) is 30.1. The Balaban J connectivity index is 1.63. The summed E-state index contributed by atoms with van der Waals surface area (Å²) in [5, 5.41) is 17.6. The number of amides is 1. The second kappa shape index (κ2) is 24.0. The van der Waals surface area contributed by atoms with E-state index in [1.165, 1.54) is 27.2 Å². The van der Waals surface area contributed by atoms with Crippen molar-refractivity contribution in [1.29, 1.82) is 0 Å². The summed E-state index contributed by atoms with van der Waals surface area (Å²) in [7, 11) is 3.14. The first-order valence-corrected chi connectivity index (χ1v) is 32.2. The molecule has 2 saturated carbocycles. The molecule has 1 aromatic rings. The van der Waals surface area contributed by atoms with Crippen molar-refractivity contribution in [3.05, 3.63) is 46.6 Å². The average molecular weight is 1150 g/mol. The molecule has 3 aliphatic carbocycles. The van der Waals surface area contributed by atoms with E-state index >= 15 is 9.59 Å². The first kappa shape index (κ1) is 63.4. The largest absolute Gasteiger partial charge is 0.497 e. The Hall–Kier alpha value is -3.79. The topological polar surface area (TPSA) is 210 Å². The van der Waals surface area contributed by atoms with Gasteiger partial charge in [-0.2, -0.15) is 0 Å². The molecule has 17 nitrogen and oxygen atoms in total. The van der Waals surface area contributed by atoms with Crippen LogP contribution in [0.3, 0.4) is 0 Å². The zero-order valence-electron chi connectivity index (χ0n) is 49.7. The molecule has 20 heteroatoms. The third kappa shape index (κ3) is 11.8. The fourth-order valence-electron chi connectivity index (χ4n) is 13.8. The summed E-state index contributed by atoms with van der Waals surface area (Å²) in [5.41, 5.74) is -5.61. The van der Waals surface area contributed by atoms with Gasteiger partial charge in [-0.1, -0.05) is 102 Å². The molecule has 6 rings (SSSR count). The number of benzene rings is 1. The highest BCUT2D eigenvalue weighted by molar-refractivity contribution is 8.76. The van der Waals surface area contributed by atoms with Crippen LogP contribution in [0.25, 0.3) is 0 Å². The molecule has 13 atom stereocenters. The number of carbonyl (C=O) groups is 5. The second-order valence-electron chi connectivity index (χ2n) is 24.9. The van der Waals surface area contributed by atoms with Crippen molar-refractivity contribution in [2.24, 2.45) is 16.7 Å². The van der Waals surface area contributed by atoms with Crippen LogP contribution in [-0.4, -0.2) is 141 Å². The lowest BCUT2D eigenvalue weighted by Crippen LogP contribution is -2.86. The molecule has 2 heterocycles. The van der Waals surface area contributed by atoms with Crippen LogP contribution in [0.1, 0.15) is 154 Å². The van der Waals surface area contributed by atoms with Gasteiger partial charge in [0.05, 0.1) is 38.9 Å². The number of methoxy groups -OCH3 is 2. The summed E-state index contributed by atoms with van der Waals surface area (Å²) in [6.45, 7) is 32.0. The fourth-order valence-corrected chi connectivity index (χ4v) is 21.1. The number of fused-ring (bicyclic) bond motifs is 4. The lowest BCUT2D eigenvalue weighted by atomic mass is 9.42. The Morgan fingerprint density at radius 2 is 1.56 bits per heavy atom. The maximum absolute atomic E-state index is 15.8. The van der Waals surface area contributed by atoms with Crippen LogP contribution in [0.5, 0.6) is 11.5 Å². The molecular weight excluding hydrogens is 1060 g/mol. The molecule has 5 aliphatic rings. The van der Waals surface area contributed by atoms with Crippen molar-refractivity contribution in [3.8, 4) is 11.5 Å². The Morgan fingerprint density at radius 3 is 2.09 bits per heavy atom. The van der Waals surface area contributed by atoms with Crippen molar-refractivity contribution in [2.45, 2.75) is 231 Å². The molecule has 1 unspecified atom stereocenters. The number of aliphatic hydroxyl groups is 1. The van der Waals surface area contributed by atoms with E-state index in [2.05, 4.69) is 46.9 Å². The summed E-state index contributed by atoms with van der Waals surface area (Å²) < 4.78 is 64.5. The molecule has 2 N–H and O–H groups in total. The molecule has 0 aromatic heterocycles. The van der Waals surface area contributed by atoms with E-state index in [0.717, 1.165) is 5.57 Å². The Labute approximate surface area is 471 Å². The maximum Gasteiger partial charge on any atom is 0.408 e.